The van der Waals surface area contributed by atoms with Gasteiger partial charge in [0.25, 0.3) is 0 Å². The first-order chi connectivity index (χ1) is 18.9. The van der Waals surface area contributed by atoms with Crippen LogP contribution in [0.25, 0.3) is 0 Å². The maximum atomic E-state index is 13.3. The van der Waals surface area contributed by atoms with Crippen LogP contribution in [0, 0.1) is 5.92 Å². The van der Waals surface area contributed by atoms with Crippen LogP contribution in [0.3, 0.4) is 0 Å². The number of nitrogens with zero attached hydrogens (tertiary/aromatic N) is 1. The van der Waals surface area contributed by atoms with E-state index in [1.165, 1.54) is 23.9 Å². The van der Waals surface area contributed by atoms with Crippen LogP contribution >= 0.6 is 11.8 Å². The predicted octanol–water partition coefficient (Wildman–Crippen LogP) is -0.346. The summed E-state index contributed by atoms with van der Waals surface area (Å²) in [7, 11) is 0. The number of nitrogens with one attached hydrogen (secondary N) is 3. The Labute approximate surface area is 239 Å². The Morgan fingerprint density at radius 1 is 0.950 bits per heavy atom. The summed E-state index contributed by atoms with van der Waals surface area (Å²) in [6.07, 6.45) is 3.20. The van der Waals surface area contributed by atoms with Gasteiger partial charge in [0.15, 0.2) is 5.96 Å². The minimum Gasteiger partial charge on any atom is -0.508 e. The van der Waals surface area contributed by atoms with Crippen LogP contribution in [-0.4, -0.2) is 82.6 Å². The van der Waals surface area contributed by atoms with Crippen molar-refractivity contribution in [3.05, 3.63) is 29.8 Å². The van der Waals surface area contributed by atoms with Gasteiger partial charge in [0, 0.05) is 13.0 Å². The molecule has 0 aromatic heterocycles. The van der Waals surface area contributed by atoms with E-state index in [0.29, 0.717) is 30.6 Å². The van der Waals surface area contributed by atoms with Crippen molar-refractivity contribution < 1.29 is 29.4 Å². The molecule has 3 amide bonds. The number of carbonyl (C=O) groups excluding carboxylic acids is 3. The number of thioether (sulfide) groups is 1. The number of carbonyl (C=O) groups is 4. The first kappa shape index (κ1) is 34.5. The van der Waals surface area contributed by atoms with Gasteiger partial charge in [-0.15, -0.1) is 0 Å². The van der Waals surface area contributed by atoms with Gasteiger partial charge in [-0.25, -0.2) is 4.79 Å². The molecular formula is C26H43N7O6S. The topological polar surface area (TPSA) is 235 Å². The van der Waals surface area contributed by atoms with E-state index in [1.807, 2.05) is 20.1 Å². The van der Waals surface area contributed by atoms with Gasteiger partial charge in [-0.3, -0.25) is 19.4 Å². The van der Waals surface area contributed by atoms with Gasteiger partial charge in [0.1, 0.15) is 23.9 Å². The Morgan fingerprint density at radius 3 is 2.08 bits per heavy atom. The highest BCUT2D eigenvalue weighted by atomic mass is 32.2. The largest absolute Gasteiger partial charge is 0.508 e. The van der Waals surface area contributed by atoms with E-state index in [1.54, 1.807) is 12.1 Å². The van der Waals surface area contributed by atoms with Crippen LogP contribution in [-0.2, 0) is 25.6 Å². The molecule has 0 saturated heterocycles. The van der Waals surface area contributed by atoms with Crippen LogP contribution in [0.4, 0.5) is 0 Å². The minimum atomic E-state index is -1.25. The zero-order chi connectivity index (χ0) is 30.2. The van der Waals surface area contributed by atoms with Crippen molar-refractivity contribution in [1.29, 1.82) is 0 Å². The van der Waals surface area contributed by atoms with Gasteiger partial charge in [-0.05, 0) is 54.9 Å². The highest BCUT2D eigenvalue weighted by Gasteiger charge is 2.31. The Hall–Kier alpha value is -3.52. The number of nitrogens with two attached hydrogens (primary N) is 3. The number of hydrogen-bond acceptors (Lipinski definition) is 8. The Morgan fingerprint density at radius 2 is 1.52 bits per heavy atom. The number of aliphatic imine (C=N–C) groups is 1. The van der Waals surface area contributed by atoms with Gasteiger partial charge in [-0.1, -0.05) is 32.4 Å². The molecule has 0 aliphatic rings. The van der Waals surface area contributed by atoms with E-state index in [4.69, 9.17) is 17.2 Å². The second-order valence-corrected chi connectivity index (χ2v) is 10.5. The van der Waals surface area contributed by atoms with Crippen molar-refractivity contribution in [3.63, 3.8) is 0 Å². The number of phenolic OH excluding ortho intramolecular Hbond substituents is 1. The predicted molar refractivity (Wildman–Crippen MR) is 156 cm³/mol. The van der Waals surface area contributed by atoms with E-state index >= 15 is 0 Å². The van der Waals surface area contributed by atoms with Crippen LogP contribution in [0.5, 0.6) is 5.75 Å². The van der Waals surface area contributed by atoms with Crippen molar-refractivity contribution in [2.24, 2.45) is 28.1 Å². The SMILES string of the molecule is CCC(C)C(N)C(=O)NC(CCSC)C(=O)NC(Cc1ccc(O)cc1)C(=O)NC(CCCN=C(N)N)C(=O)O. The molecule has 1 aromatic rings. The van der Waals surface area contributed by atoms with Crippen LogP contribution in [0.2, 0.25) is 0 Å². The van der Waals surface area contributed by atoms with Crippen molar-refractivity contribution in [1.82, 2.24) is 16.0 Å². The summed E-state index contributed by atoms with van der Waals surface area (Å²) in [5, 5.41) is 27.1. The fourth-order valence-electron chi connectivity index (χ4n) is 3.67. The third-order valence-corrected chi connectivity index (χ3v) is 7.02. The molecular weight excluding hydrogens is 538 g/mol. The molecule has 1 aromatic carbocycles. The van der Waals surface area contributed by atoms with E-state index in [0.717, 1.165) is 0 Å². The van der Waals surface area contributed by atoms with Crippen molar-refractivity contribution in [3.8, 4) is 5.75 Å². The van der Waals surface area contributed by atoms with Crippen LogP contribution < -0.4 is 33.2 Å². The number of carboxylic acid groups (broad SMARTS) is 1. The third-order valence-electron chi connectivity index (χ3n) is 6.37. The molecule has 11 N–H and O–H groups in total. The third kappa shape index (κ3) is 12.6. The number of phenols is 1. The Kier molecular flexibility index (Phi) is 15.5. The number of benzene rings is 1. The van der Waals surface area contributed by atoms with Gasteiger partial charge >= 0.3 is 5.97 Å². The standard InChI is InChI=1S/C26H43N7O6S/c1-4-15(2)21(27)24(37)31-18(11-13-40-3)22(35)33-20(14-16-7-9-17(34)10-8-16)23(36)32-19(25(38)39)6-5-12-30-26(28)29/h7-10,15,18-21,34H,4-6,11-14,27H2,1-3H3,(H,31,37)(H,32,36)(H,33,35)(H,38,39)(H4,28,29,30). The first-order valence-electron chi connectivity index (χ1n) is 13.1. The van der Waals surface area contributed by atoms with Crippen LogP contribution in [0.1, 0.15) is 45.1 Å². The summed E-state index contributed by atoms with van der Waals surface area (Å²) < 4.78 is 0. The van der Waals surface area contributed by atoms with Gasteiger partial charge in [-0.2, -0.15) is 11.8 Å². The number of rotatable bonds is 18. The lowest BCUT2D eigenvalue weighted by molar-refractivity contribution is -0.142. The second kappa shape index (κ2) is 17.9. The van der Waals surface area contributed by atoms with Crippen LogP contribution in [0.15, 0.2) is 29.3 Å². The molecule has 1 rings (SSSR count). The number of carboxylic acids is 1. The summed E-state index contributed by atoms with van der Waals surface area (Å²) in [5.74, 6) is -2.68. The first-order valence-corrected chi connectivity index (χ1v) is 14.5. The van der Waals surface area contributed by atoms with E-state index in [-0.39, 0.29) is 37.0 Å². The molecule has 5 unspecified atom stereocenters. The fourth-order valence-corrected chi connectivity index (χ4v) is 4.14. The molecule has 0 aliphatic heterocycles. The smallest absolute Gasteiger partial charge is 0.326 e. The van der Waals surface area contributed by atoms with Crippen molar-refractivity contribution in [2.75, 3.05) is 18.6 Å². The highest BCUT2D eigenvalue weighted by Crippen LogP contribution is 2.13. The van der Waals surface area contributed by atoms with Gasteiger partial charge < -0.3 is 43.4 Å². The molecule has 0 saturated carbocycles. The fraction of sp³-hybridized carbons (Fsp3) is 0.577. The van der Waals surface area contributed by atoms with Crippen molar-refractivity contribution >= 4 is 41.4 Å². The zero-order valence-electron chi connectivity index (χ0n) is 23.3. The van der Waals surface area contributed by atoms with E-state index in [9.17, 15) is 29.4 Å². The molecule has 0 heterocycles. The number of amides is 3. The molecule has 14 heteroatoms. The zero-order valence-corrected chi connectivity index (χ0v) is 24.1. The maximum Gasteiger partial charge on any atom is 0.326 e. The Bertz CT molecular complexity index is 1000. The number of aromatic hydroxyl groups is 1. The molecule has 40 heavy (non-hydrogen) atoms. The molecule has 224 valence electrons. The van der Waals surface area contributed by atoms with Gasteiger partial charge in [0.05, 0.1) is 6.04 Å². The normalized spacial score (nSPS) is 14.6. The maximum absolute atomic E-state index is 13.3. The lowest BCUT2D eigenvalue weighted by atomic mass is 9.99. The highest BCUT2D eigenvalue weighted by molar-refractivity contribution is 7.98. The van der Waals surface area contributed by atoms with Gasteiger partial charge in [0.2, 0.25) is 17.7 Å². The minimum absolute atomic E-state index is 0.00771. The molecule has 0 aliphatic carbocycles. The molecule has 0 fully saturated rings. The average molecular weight is 582 g/mol. The average Bonchev–Trinajstić information content (AvgIpc) is 2.91. The number of aliphatic carboxylic acids is 1. The summed E-state index contributed by atoms with van der Waals surface area (Å²) in [6, 6.07) is 1.87. The Balaban J connectivity index is 3.13. The monoisotopic (exact) mass is 581 g/mol. The van der Waals surface area contributed by atoms with Crippen molar-refractivity contribution in [2.45, 2.75) is 70.1 Å². The van der Waals surface area contributed by atoms with E-state index < -0.39 is 47.9 Å². The molecule has 0 spiro atoms. The molecule has 13 nitrogen and oxygen atoms in total. The summed E-state index contributed by atoms with van der Waals surface area (Å²) in [5.41, 5.74) is 17.2. The molecule has 0 bridgehead atoms. The second-order valence-electron chi connectivity index (χ2n) is 9.53. The lowest BCUT2D eigenvalue weighted by Crippen LogP contribution is -2.58. The number of guanidine groups is 1. The lowest BCUT2D eigenvalue weighted by Gasteiger charge is -2.26. The summed E-state index contributed by atoms with van der Waals surface area (Å²) >= 11 is 1.49. The summed E-state index contributed by atoms with van der Waals surface area (Å²) in [4.78, 5) is 55.0. The molecule has 0 radical (unpaired) electrons. The number of hydrogen-bond donors (Lipinski definition) is 8. The van der Waals surface area contributed by atoms with E-state index in [2.05, 4.69) is 20.9 Å². The summed E-state index contributed by atoms with van der Waals surface area (Å²) in [6.45, 7) is 3.94. The quantitative estimate of drug-likeness (QED) is 0.0637. The molecule has 5 atom stereocenters.